The molecule has 0 saturated heterocycles. The molecule has 2 aromatic carbocycles. The number of aryl methyl sites for hydroxylation is 1. The molecule has 2 heterocycles. The van der Waals surface area contributed by atoms with E-state index in [-0.39, 0.29) is 17.2 Å². The number of nitrogens with one attached hydrogen (secondary N) is 1. The van der Waals surface area contributed by atoms with E-state index in [2.05, 4.69) is 11.9 Å². The van der Waals surface area contributed by atoms with Gasteiger partial charge in [0.2, 0.25) is 5.88 Å². The highest BCUT2D eigenvalue weighted by atomic mass is 31.1. The van der Waals surface area contributed by atoms with Crippen LogP contribution in [0.4, 0.5) is 26.3 Å². The average molecular weight is 652 g/mol. The number of carbonyl (C=O) groups is 2. The van der Waals surface area contributed by atoms with Crippen LogP contribution >= 0.6 is 7.69 Å². The van der Waals surface area contributed by atoms with Crippen LogP contribution in [0.25, 0.3) is 10.9 Å². The molecule has 240 valence electrons. The number of alkyl halides is 6. The van der Waals surface area contributed by atoms with Gasteiger partial charge in [-0.15, -0.1) is 0 Å². The number of Topliss-reactive ketones (excluding diaryl/α,β-unsaturated/α-hetero) is 1. The van der Waals surface area contributed by atoms with Crippen LogP contribution < -0.4 is 10.1 Å². The number of aromatic nitrogens is 2. The smallest absolute Gasteiger partial charge is 0.417 e. The molecule has 0 bridgehead atoms. The zero-order valence-electron chi connectivity index (χ0n) is 24.6. The standard InChI is InChI=1S/C32H32F6N3O3P/c1-3-5-21(17-45-18-26-20(2)25(13-14-27(26)41-45)30(43)40-19-31(33,34)35)6-4-7-28(42)22-8-11-24(12-9-22)44-29-15-10-23(16-39-29)32(36,37)38/h8-16,18,21H,3-7,17,19H2,1-2H3,(H,40,43). The average Bonchev–Trinajstić information content (AvgIpc) is 3.39. The predicted octanol–water partition coefficient (Wildman–Crippen LogP) is 9.50. The molecule has 2 atom stereocenters. The Morgan fingerprint density at radius 2 is 1.71 bits per heavy atom. The van der Waals surface area contributed by atoms with E-state index in [0.717, 1.165) is 48.5 Å². The van der Waals surface area contributed by atoms with E-state index in [9.17, 15) is 35.9 Å². The first-order valence-corrected chi connectivity index (χ1v) is 15.9. The first-order valence-electron chi connectivity index (χ1n) is 14.4. The number of halogens is 6. The quantitative estimate of drug-likeness (QED) is 0.115. The number of fused-ring (bicyclic) bond motifs is 1. The van der Waals surface area contributed by atoms with Crippen molar-refractivity contribution in [3.05, 3.63) is 82.8 Å². The summed E-state index contributed by atoms with van der Waals surface area (Å²) in [6.07, 6.45) is -3.71. The molecule has 45 heavy (non-hydrogen) atoms. The minimum Gasteiger partial charge on any atom is -0.439 e. The summed E-state index contributed by atoms with van der Waals surface area (Å²) in [5, 5.41) is 2.71. The van der Waals surface area contributed by atoms with Crippen LogP contribution in [-0.4, -0.2) is 34.1 Å². The summed E-state index contributed by atoms with van der Waals surface area (Å²) in [5.74, 6) is 1.88. The van der Waals surface area contributed by atoms with Gasteiger partial charge in [0.25, 0.3) is 5.91 Å². The normalized spacial score (nSPS) is 13.1. The van der Waals surface area contributed by atoms with Crippen LogP contribution in [0.2, 0.25) is 0 Å². The number of hydrogen-bond acceptors (Lipinski definition) is 5. The number of benzene rings is 2. The molecule has 1 N–H and O–H groups in total. The van der Waals surface area contributed by atoms with Crippen molar-refractivity contribution < 1.29 is 40.7 Å². The zero-order chi connectivity index (χ0) is 32.8. The van der Waals surface area contributed by atoms with E-state index in [0.29, 0.717) is 41.8 Å². The topological polar surface area (TPSA) is 81.2 Å². The van der Waals surface area contributed by atoms with Crippen molar-refractivity contribution in [2.24, 2.45) is 5.92 Å². The number of rotatable bonds is 13. The summed E-state index contributed by atoms with van der Waals surface area (Å²) in [4.78, 5) is 28.9. The van der Waals surface area contributed by atoms with Gasteiger partial charge in [-0.25, -0.2) is 9.73 Å². The van der Waals surface area contributed by atoms with Gasteiger partial charge in [0.15, 0.2) is 5.78 Å². The maximum absolute atomic E-state index is 12.8. The molecule has 0 radical (unpaired) electrons. The summed E-state index contributed by atoms with van der Waals surface area (Å²) in [5.41, 5.74) is 1.16. The molecular weight excluding hydrogens is 619 g/mol. The second-order valence-electron chi connectivity index (χ2n) is 10.8. The second-order valence-corrected chi connectivity index (χ2v) is 12.5. The third-order valence-electron chi connectivity index (χ3n) is 7.32. The van der Waals surface area contributed by atoms with Gasteiger partial charge in [-0.2, -0.15) is 26.3 Å². The highest BCUT2D eigenvalue weighted by Crippen LogP contribution is 2.38. The maximum Gasteiger partial charge on any atom is 0.417 e. The van der Waals surface area contributed by atoms with Crippen molar-refractivity contribution in [1.29, 1.82) is 0 Å². The minimum absolute atomic E-state index is 0.00192. The van der Waals surface area contributed by atoms with E-state index < -0.39 is 38.1 Å². The number of hydrogen-bond donors (Lipinski definition) is 1. The van der Waals surface area contributed by atoms with E-state index in [1.165, 1.54) is 6.07 Å². The molecule has 0 spiro atoms. The van der Waals surface area contributed by atoms with Gasteiger partial charge in [0.05, 0.1) is 11.1 Å². The molecule has 4 aromatic rings. The molecule has 0 aliphatic rings. The molecule has 6 nitrogen and oxygen atoms in total. The third-order valence-corrected chi connectivity index (χ3v) is 9.24. The molecule has 2 aromatic heterocycles. The van der Waals surface area contributed by atoms with Crippen LogP contribution in [0, 0.1) is 12.8 Å². The van der Waals surface area contributed by atoms with E-state index >= 15 is 0 Å². The molecular formula is C32H32F6N3O3P. The highest BCUT2D eigenvalue weighted by molar-refractivity contribution is 7.44. The summed E-state index contributed by atoms with van der Waals surface area (Å²) >= 11 is 0. The van der Waals surface area contributed by atoms with E-state index in [1.807, 2.05) is 11.1 Å². The monoisotopic (exact) mass is 651 g/mol. The molecule has 0 fully saturated rings. The Labute approximate surface area is 257 Å². The number of carbonyl (C=O) groups excluding carboxylic acids is 2. The summed E-state index contributed by atoms with van der Waals surface area (Å²) in [7, 11) is -0.877. The number of amides is 1. The fraction of sp³-hybridized carbons (Fsp3) is 0.375. The van der Waals surface area contributed by atoms with Gasteiger partial charge in [-0.1, -0.05) is 19.8 Å². The van der Waals surface area contributed by atoms with Crippen molar-refractivity contribution in [3.8, 4) is 11.6 Å². The Kier molecular flexibility index (Phi) is 10.9. The summed E-state index contributed by atoms with van der Waals surface area (Å²) < 4.78 is 86.1. The lowest BCUT2D eigenvalue weighted by Gasteiger charge is -2.15. The van der Waals surface area contributed by atoms with E-state index in [4.69, 9.17) is 9.48 Å². The van der Waals surface area contributed by atoms with Crippen molar-refractivity contribution in [2.45, 2.75) is 64.5 Å². The van der Waals surface area contributed by atoms with Crippen LogP contribution in [0.15, 0.2) is 60.5 Å². The SMILES string of the molecule is CCCC(CCCC(=O)c1ccc(Oc2ccc(C(F)(F)F)cn2)cc1)Cp1cc2c(C)c(C(=O)NCC(F)(F)F)ccc2n1. The Bertz CT molecular complexity index is 1620. The van der Waals surface area contributed by atoms with E-state index in [1.54, 1.807) is 37.3 Å². The molecule has 4 rings (SSSR count). The lowest BCUT2D eigenvalue weighted by molar-refractivity contribution is -0.137. The van der Waals surface area contributed by atoms with Crippen molar-refractivity contribution >= 4 is 30.3 Å². The molecule has 2 unspecified atom stereocenters. The molecule has 0 aliphatic carbocycles. The van der Waals surface area contributed by atoms with Crippen molar-refractivity contribution in [3.63, 3.8) is 0 Å². The first-order chi connectivity index (χ1) is 21.2. The highest BCUT2D eigenvalue weighted by Gasteiger charge is 2.31. The van der Waals surface area contributed by atoms with Crippen LogP contribution in [-0.2, 0) is 12.3 Å². The Balaban J connectivity index is 1.31. The number of pyridine rings is 1. The summed E-state index contributed by atoms with van der Waals surface area (Å²) in [6.45, 7) is 2.41. The molecule has 0 saturated carbocycles. The van der Waals surface area contributed by atoms with Gasteiger partial charge in [0.1, 0.15) is 12.3 Å². The Hall–Kier alpha value is -3.92. The van der Waals surface area contributed by atoms with Crippen LogP contribution in [0.3, 0.4) is 0 Å². The fourth-order valence-electron chi connectivity index (χ4n) is 5.03. The maximum atomic E-state index is 12.8. The molecule has 13 heteroatoms. The van der Waals surface area contributed by atoms with Gasteiger partial charge in [0, 0.05) is 41.4 Å². The van der Waals surface area contributed by atoms with Gasteiger partial charge in [-0.05, 0) is 87.2 Å². The van der Waals surface area contributed by atoms with Crippen LogP contribution in [0.5, 0.6) is 11.6 Å². The van der Waals surface area contributed by atoms with Crippen molar-refractivity contribution in [1.82, 2.24) is 15.0 Å². The van der Waals surface area contributed by atoms with Gasteiger partial charge in [-0.3, -0.25) is 9.59 Å². The Morgan fingerprint density at radius 1 is 0.978 bits per heavy atom. The largest absolute Gasteiger partial charge is 0.439 e. The number of nitrogens with zero attached hydrogens (tertiary/aromatic N) is 2. The lowest BCUT2D eigenvalue weighted by atomic mass is 9.97. The van der Waals surface area contributed by atoms with Gasteiger partial charge >= 0.3 is 12.4 Å². The third kappa shape index (κ3) is 9.53. The number of ketones is 1. The first kappa shape index (κ1) is 34.0. The van der Waals surface area contributed by atoms with Gasteiger partial charge < -0.3 is 10.1 Å². The minimum atomic E-state index is -4.49. The Morgan fingerprint density at radius 3 is 2.33 bits per heavy atom. The zero-order valence-corrected chi connectivity index (χ0v) is 25.5. The summed E-state index contributed by atoms with van der Waals surface area (Å²) in [6, 6.07) is 11.5. The lowest BCUT2D eigenvalue weighted by Crippen LogP contribution is -2.34. The predicted molar refractivity (Wildman–Crippen MR) is 160 cm³/mol. The molecule has 0 aliphatic heterocycles. The van der Waals surface area contributed by atoms with Crippen molar-refractivity contribution in [2.75, 3.05) is 6.54 Å². The van der Waals surface area contributed by atoms with Crippen LogP contribution in [0.1, 0.15) is 70.9 Å². The fourth-order valence-corrected chi connectivity index (χ4v) is 7.24. The second kappa shape index (κ2) is 14.5. The molecule has 1 amide bonds. The number of ether oxygens (including phenoxy) is 1.